The average Bonchev–Trinajstić information content (AvgIpc) is 3.27. The van der Waals surface area contributed by atoms with E-state index in [-0.39, 0.29) is 0 Å². The number of likely N-dealkylation sites (N-methyl/N-ethyl adjacent to an activating group) is 1. The number of nitrogens with zero attached hydrogens (tertiary/aromatic N) is 4. The summed E-state index contributed by atoms with van der Waals surface area (Å²) in [7, 11) is 0. The van der Waals surface area contributed by atoms with E-state index in [1.807, 2.05) is 12.3 Å². The smallest absolute Gasteiger partial charge is 0.160 e. The van der Waals surface area contributed by atoms with Gasteiger partial charge in [0.15, 0.2) is 5.65 Å². The zero-order valence-corrected chi connectivity index (χ0v) is 13.3. The molecular weight excluding hydrogens is 274 g/mol. The molecule has 22 heavy (non-hydrogen) atoms. The Balaban J connectivity index is 1.72. The second-order valence-corrected chi connectivity index (χ2v) is 6.50. The third-order valence-electron chi connectivity index (χ3n) is 5.20. The Kier molecular flexibility index (Phi) is 3.84. The van der Waals surface area contributed by atoms with Crippen molar-refractivity contribution in [2.45, 2.75) is 51.2 Å². The maximum Gasteiger partial charge on any atom is 0.160 e. The van der Waals surface area contributed by atoms with E-state index in [1.165, 1.54) is 38.1 Å². The van der Waals surface area contributed by atoms with Crippen molar-refractivity contribution >= 4 is 11.2 Å². The van der Waals surface area contributed by atoms with Gasteiger partial charge in [-0.05, 0) is 57.5 Å². The Hall–Kier alpha value is -1.46. The summed E-state index contributed by atoms with van der Waals surface area (Å²) in [6, 6.07) is 5.10. The van der Waals surface area contributed by atoms with Gasteiger partial charge in [0.05, 0.1) is 6.04 Å². The zero-order chi connectivity index (χ0) is 14.9. The van der Waals surface area contributed by atoms with Crippen LogP contribution in [0.4, 0.5) is 0 Å². The van der Waals surface area contributed by atoms with Gasteiger partial charge in [-0.25, -0.2) is 9.97 Å². The van der Waals surface area contributed by atoms with Crippen LogP contribution >= 0.6 is 0 Å². The molecule has 5 heteroatoms. The first kappa shape index (κ1) is 14.2. The fraction of sp³-hybridized carbons (Fsp3) is 0.647. The number of pyridine rings is 1. The molecular formula is C17H25N5. The van der Waals surface area contributed by atoms with Crippen molar-refractivity contribution in [2.75, 3.05) is 19.6 Å². The monoisotopic (exact) mass is 299 g/mol. The maximum atomic E-state index is 4.91. The highest BCUT2D eigenvalue weighted by Gasteiger charge is 2.28. The molecule has 2 fully saturated rings. The zero-order valence-electron chi connectivity index (χ0n) is 13.3. The Morgan fingerprint density at radius 3 is 3.09 bits per heavy atom. The van der Waals surface area contributed by atoms with Crippen LogP contribution in [0, 0.1) is 0 Å². The van der Waals surface area contributed by atoms with Crippen molar-refractivity contribution in [2.24, 2.45) is 0 Å². The molecule has 0 radical (unpaired) electrons. The number of hydrogen-bond donors (Lipinski definition) is 1. The van der Waals surface area contributed by atoms with E-state index in [9.17, 15) is 0 Å². The highest BCUT2D eigenvalue weighted by molar-refractivity contribution is 5.71. The number of imidazole rings is 1. The normalized spacial score (nSPS) is 26.2. The molecule has 0 bridgehead atoms. The summed E-state index contributed by atoms with van der Waals surface area (Å²) >= 11 is 0. The van der Waals surface area contributed by atoms with Crippen molar-refractivity contribution in [1.29, 1.82) is 0 Å². The topological polar surface area (TPSA) is 46.0 Å². The van der Waals surface area contributed by atoms with E-state index in [0.717, 1.165) is 30.8 Å². The number of fused-ring (bicyclic) bond motifs is 1. The molecule has 0 saturated carbocycles. The lowest BCUT2D eigenvalue weighted by Crippen LogP contribution is -2.33. The van der Waals surface area contributed by atoms with Gasteiger partial charge in [-0.15, -0.1) is 0 Å². The van der Waals surface area contributed by atoms with Crippen LogP contribution in [0.25, 0.3) is 11.2 Å². The van der Waals surface area contributed by atoms with Gasteiger partial charge in [0.1, 0.15) is 11.3 Å². The first-order valence-corrected chi connectivity index (χ1v) is 8.65. The Morgan fingerprint density at radius 2 is 2.27 bits per heavy atom. The van der Waals surface area contributed by atoms with Crippen LogP contribution in [0.2, 0.25) is 0 Å². The van der Waals surface area contributed by atoms with Crippen molar-refractivity contribution in [3.8, 4) is 0 Å². The number of nitrogens with one attached hydrogen (secondary N) is 1. The first-order chi connectivity index (χ1) is 10.9. The van der Waals surface area contributed by atoms with Crippen LogP contribution in [-0.4, -0.2) is 45.1 Å². The summed E-state index contributed by atoms with van der Waals surface area (Å²) in [5, 5.41) is 3.60. The van der Waals surface area contributed by atoms with Crippen LogP contribution in [-0.2, 0) is 6.54 Å². The highest BCUT2D eigenvalue weighted by Crippen LogP contribution is 2.28. The molecule has 2 saturated heterocycles. The Morgan fingerprint density at radius 1 is 1.32 bits per heavy atom. The van der Waals surface area contributed by atoms with Gasteiger partial charge < -0.3 is 9.88 Å². The summed E-state index contributed by atoms with van der Waals surface area (Å²) in [4.78, 5) is 12.1. The average molecular weight is 299 g/mol. The van der Waals surface area contributed by atoms with E-state index in [1.54, 1.807) is 0 Å². The van der Waals surface area contributed by atoms with Gasteiger partial charge in [0.25, 0.3) is 0 Å². The van der Waals surface area contributed by atoms with E-state index in [4.69, 9.17) is 4.98 Å². The van der Waals surface area contributed by atoms with Crippen LogP contribution in [0.1, 0.15) is 44.5 Å². The van der Waals surface area contributed by atoms with Gasteiger partial charge in [-0.1, -0.05) is 6.92 Å². The number of rotatable bonds is 4. The third kappa shape index (κ3) is 2.42. The number of aromatic nitrogens is 3. The molecule has 2 aromatic heterocycles. The molecule has 5 nitrogen and oxygen atoms in total. The molecule has 2 unspecified atom stereocenters. The number of likely N-dealkylation sites (tertiary alicyclic amines) is 1. The lowest BCUT2D eigenvalue weighted by molar-refractivity contribution is 0.243. The quantitative estimate of drug-likeness (QED) is 0.941. The van der Waals surface area contributed by atoms with E-state index >= 15 is 0 Å². The largest absolute Gasteiger partial charge is 0.310 e. The van der Waals surface area contributed by atoms with Crippen molar-refractivity contribution in [3.63, 3.8) is 0 Å². The summed E-state index contributed by atoms with van der Waals surface area (Å²) in [5.41, 5.74) is 2.08. The standard InChI is InChI=1S/C17H25N5/c1-2-21-11-5-6-13(21)12-22-16-15(8-4-10-19-16)20-17(22)14-7-3-9-18-14/h4,8,10,13-14,18H,2-3,5-7,9,11-12H2,1H3. The second-order valence-electron chi connectivity index (χ2n) is 6.50. The lowest BCUT2D eigenvalue weighted by Gasteiger charge is -2.24. The molecule has 118 valence electrons. The number of hydrogen-bond acceptors (Lipinski definition) is 4. The van der Waals surface area contributed by atoms with Crippen LogP contribution in [0.5, 0.6) is 0 Å². The fourth-order valence-electron chi connectivity index (χ4n) is 4.06. The van der Waals surface area contributed by atoms with Crippen LogP contribution in [0.3, 0.4) is 0 Å². The van der Waals surface area contributed by atoms with Crippen molar-refractivity contribution in [1.82, 2.24) is 24.8 Å². The van der Waals surface area contributed by atoms with E-state index in [2.05, 4.69) is 32.8 Å². The van der Waals surface area contributed by atoms with Crippen LogP contribution in [0.15, 0.2) is 18.3 Å². The van der Waals surface area contributed by atoms with Crippen LogP contribution < -0.4 is 5.32 Å². The lowest BCUT2D eigenvalue weighted by atomic mass is 10.2. The molecule has 2 aliphatic rings. The van der Waals surface area contributed by atoms with E-state index in [0.29, 0.717) is 12.1 Å². The molecule has 0 aliphatic carbocycles. The highest BCUT2D eigenvalue weighted by atomic mass is 15.2. The molecule has 0 amide bonds. The molecule has 4 rings (SSSR count). The van der Waals surface area contributed by atoms with Gasteiger partial charge in [-0.2, -0.15) is 0 Å². The molecule has 2 atom stereocenters. The Bertz CT molecular complexity index is 644. The summed E-state index contributed by atoms with van der Waals surface area (Å²) in [6.07, 6.45) is 6.92. The predicted molar refractivity (Wildman–Crippen MR) is 87.8 cm³/mol. The predicted octanol–water partition coefficient (Wildman–Crippen LogP) is 2.34. The molecule has 2 aromatic rings. The summed E-state index contributed by atoms with van der Waals surface area (Å²) < 4.78 is 2.39. The fourth-order valence-corrected chi connectivity index (χ4v) is 4.06. The molecule has 0 aromatic carbocycles. The van der Waals surface area contributed by atoms with E-state index < -0.39 is 0 Å². The Labute approximate surface area is 131 Å². The minimum Gasteiger partial charge on any atom is -0.310 e. The van der Waals surface area contributed by atoms with Gasteiger partial charge in [0.2, 0.25) is 0 Å². The molecule has 0 spiro atoms. The first-order valence-electron chi connectivity index (χ1n) is 8.65. The third-order valence-corrected chi connectivity index (χ3v) is 5.20. The maximum absolute atomic E-state index is 4.91. The molecule has 1 N–H and O–H groups in total. The minimum atomic E-state index is 0.394. The van der Waals surface area contributed by atoms with Gasteiger partial charge in [0, 0.05) is 18.8 Å². The second kappa shape index (κ2) is 5.97. The summed E-state index contributed by atoms with van der Waals surface area (Å²) in [5.74, 6) is 1.19. The minimum absolute atomic E-state index is 0.394. The molecule has 2 aliphatic heterocycles. The SMILES string of the molecule is CCN1CCCC1Cn1c(C2CCCN2)nc2cccnc21. The molecule has 4 heterocycles. The van der Waals surface area contributed by atoms with Gasteiger partial charge >= 0.3 is 0 Å². The summed E-state index contributed by atoms with van der Waals surface area (Å²) in [6.45, 7) is 6.77. The van der Waals surface area contributed by atoms with Crippen molar-refractivity contribution in [3.05, 3.63) is 24.2 Å². The van der Waals surface area contributed by atoms with Gasteiger partial charge in [-0.3, -0.25) is 4.90 Å². The van der Waals surface area contributed by atoms with Crippen molar-refractivity contribution < 1.29 is 0 Å².